The van der Waals surface area contributed by atoms with Gasteiger partial charge in [0.05, 0.1) is 5.56 Å². The molecule has 0 saturated carbocycles. The standard InChI is InChI=1S/C20H21FN6O/c21-15-7-5-14(6-8-15)13-26-9-11-27(12-10-26)20-24-18(23-19(22)25-20)16-3-1-2-4-17(16)28/h1-8,28H,9-13H2,(H2,22,23,24,25). The third kappa shape index (κ3) is 4.01. The van der Waals surface area contributed by atoms with Gasteiger partial charge in [-0.15, -0.1) is 0 Å². The molecule has 2 heterocycles. The second-order valence-electron chi connectivity index (χ2n) is 6.72. The molecule has 0 bridgehead atoms. The van der Waals surface area contributed by atoms with Crippen molar-refractivity contribution in [2.75, 3.05) is 36.8 Å². The van der Waals surface area contributed by atoms with E-state index in [1.165, 1.54) is 12.1 Å². The van der Waals surface area contributed by atoms with Crippen LogP contribution in [0.25, 0.3) is 11.4 Å². The number of nitrogens with zero attached hydrogens (tertiary/aromatic N) is 5. The van der Waals surface area contributed by atoms with Gasteiger partial charge in [-0.25, -0.2) is 4.39 Å². The number of aromatic hydroxyl groups is 1. The third-order valence-electron chi connectivity index (χ3n) is 4.76. The molecule has 8 heteroatoms. The fourth-order valence-corrected chi connectivity index (χ4v) is 3.26. The number of rotatable bonds is 4. The van der Waals surface area contributed by atoms with Crippen LogP contribution in [0.3, 0.4) is 0 Å². The molecule has 0 radical (unpaired) electrons. The quantitative estimate of drug-likeness (QED) is 0.717. The number of phenols is 1. The van der Waals surface area contributed by atoms with Crippen molar-refractivity contribution >= 4 is 11.9 Å². The molecule has 0 atom stereocenters. The van der Waals surface area contributed by atoms with Crippen LogP contribution in [-0.4, -0.2) is 51.1 Å². The molecule has 1 aliphatic heterocycles. The highest BCUT2D eigenvalue weighted by molar-refractivity contribution is 5.65. The highest BCUT2D eigenvalue weighted by Crippen LogP contribution is 2.27. The van der Waals surface area contributed by atoms with Crippen molar-refractivity contribution in [3.8, 4) is 17.1 Å². The molecule has 1 aromatic heterocycles. The summed E-state index contributed by atoms with van der Waals surface area (Å²) in [6.07, 6.45) is 0. The van der Waals surface area contributed by atoms with E-state index in [1.807, 2.05) is 18.2 Å². The van der Waals surface area contributed by atoms with Gasteiger partial charge in [-0.2, -0.15) is 15.0 Å². The molecule has 28 heavy (non-hydrogen) atoms. The number of anilines is 2. The number of nitrogen functional groups attached to an aromatic ring is 1. The highest BCUT2D eigenvalue weighted by Gasteiger charge is 2.21. The van der Waals surface area contributed by atoms with E-state index in [4.69, 9.17) is 5.73 Å². The zero-order valence-electron chi connectivity index (χ0n) is 15.3. The van der Waals surface area contributed by atoms with Gasteiger partial charge in [0, 0.05) is 32.7 Å². The van der Waals surface area contributed by atoms with Crippen LogP contribution in [0.2, 0.25) is 0 Å². The van der Waals surface area contributed by atoms with Crippen LogP contribution < -0.4 is 10.6 Å². The number of phenolic OH excluding ortho intramolecular Hbond substituents is 1. The Bertz CT molecular complexity index is 957. The van der Waals surface area contributed by atoms with Gasteiger partial charge in [0.25, 0.3) is 0 Å². The van der Waals surface area contributed by atoms with Crippen molar-refractivity contribution < 1.29 is 9.50 Å². The SMILES string of the molecule is Nc1nc(-c2ccccc2O)nc(N2CCN(Cc3ccc(F)cc3)CC2)n1. The Hall–Kier alpha value is -3.26. The van der Waals surface area contributed by atoms with Gasteiger partial charge in [0.2, 0.25) is 11.9 Å². The van der Waals surface area contributed by atoms with E-state index in [0.29, 0.717) is 17.3 Å². The van der Waals surface area contributed by atoms with Crippen LogP contribution in [0.5, 0.6) is 5.75 Å². The Labute approximate surface area is 162 Å². The first-order chi connectivity index (χ1) is 13.6. The average Bonchev–Trinajstić information content (AvgIpc) is 2.70. The van der Waals surface area contributed by atoms with E-state index in [2.05, 4.69) is 24.8 Å². The topological polar surface area (TPSA) is 91.4 Å². The molecule has 144 valence electrons. The van der Waals surface area contributed by atoms with E-state index < -0.39 is 0 Å². The molecule has 4 rings (SSSR count). The molecular weight excluding hydrogens is 359 g/mol. The van der Waals surface area contributed by atoms with Crippen LogP contribution in [0, 0.1) is 5.82 Å². The van der Waals surface area contributed by atoms with E-state index >= 15 is 0 Å². The molecule has 0 unspecified atom stereocenters. The lowest BCUT2D eigenvalue weighted by Gasteiger charge is -2.34. The first-order valence-electron chi connectivity index (χ1n) is 9.10. The summed E-state index contributed by atoms with van der Waals surface area (Å²) in [7, 11) is 0. The van der Waals surface area contributed by atoms with E-state index in [1.54, 1.807) is 18.2 Å². The van der Waals surface area contributed by atoms with Gasteiger partial charge in [0.15, 0.2) is 5.82 Å². The summed E-state index contributed by atoms with van der Waals surface area (Å²) in [5.41, 5.74) is 7.49. The molecular formula is C20H21FN6O. The fraction of sp³-hybridized carbons (Fsp3) is 0.250. The summed E-state index contributed by atoms with van der Waals surface area (Å²) >= 11 is 0. The van der Waals surface area contributed by atoms with Crippen molar-refractivity contribution in [1.29, 1.82) is 0 Å². The summed E-state index contributed by atoms with van der Waals surface area (Å²) in [6.45, 7) is 3.91. The number of aromatic nitrogens is 3. The zero-order valence-corrected chi connectivity index (χ0v) is 15.3. The Morgan fingerprint density at radius 3 is 2.36 bits per heavy atom. The van der Waals surface area contributed by atoms with Crippen molar-refractivity contribution in [2.24, 2.45) is 0 Å². The van der Waals surface area contributed by atoms with Gasteiger partial charge < -0.3 is 15.7 Å². The van der Waals surface area contributed by atoms with Gasteiger partial charge >= 0.3 is 0 Å². The zero-order chi connectivity index (χ0) is 19.5. The Kier molecular flexibility index (Phi) is 5.03. The van der Waals surface area contributed by atoms with Gasteiger partial charge in [-0.05, 0) is 29.8 Å². The Morgan fingerprint density at radius 1 is 0.929 bits per heavy atom. The molecule has 0 amide bonds. The number of piperazine rings is 1. The second kappa shape index (κ2) is 7.77. The van der Waals surface area contributed by atoms with E-state index in [9.17, 15) is 9.50 Å². The molecule has 2 aromatic carbocycles. The monoisotopic (exact) mass is 380 g/mol. The predicted octanol–water partition coefficient (Wildman–Crippen LogP) is 2.29. The predicted molar refractivity (Wildman–Crippen MR) is 105 cm³/mol. The summed E-state index contributed by atoms with van der Waals surface area (Å²) < 4.78 is 13.1. The first-order valence-corrected chi connectivity index (χ1v) is 9.10. The summed E-state index contributed by atoms with van der Waals surface area (Å²) in [4.78, 5) is 17.3. The lowest BCUT2D eigenvalue weighted by Crippen LogP contribution is -2.46. The van der Waals surface area contributed by atoms with Crippen molar-refractivity contribution in [3.05, 3.63) is 59.9 Å². The molecule has 3 N–H and O–H groups in total. The number of para-hydroxylation sites is 1. The molecule has 3 aromatic rings. The van der Waals surface area contributed by atoms with Crippen LogP contribution in [0.4, 0.5) is 16.3 Å². The molecule has 7 nitrogen and oxygen atoms in total. The molecule has 1 aliphatic rings. The largest absolute Gasteiger partial charge is 0.507 e. The van der Waals surface area contributed by atoms with Crippen molar-refractivity contribution in [1.82, 2.24) is 19.9 Å². The highest BCUT2D eigenvalue weighted by atomic mass is 19.1. The molecule has 1 saturated heterocycles. The minimum absolute atomic E-state index is 0.100. The normalized spacial score (nSPS) is 15.0. The maximum Gasteiger partial charge on any atom is 0.230 e. The lowest BCUT2D eigenvalue weighted by atomic mass is 10.2. The molecule has 0 aliphatic carbocycles. The Balaban J connectivity index is 1.46. The summed E-state index contributed by atoms with van der Waals surface area (Å²) in [5.74, 6) is 0.864. The van der Waals surface area contributed by atoms with Crippen LogP contribution in [0.15, 0.2) is 48.5 Å². The smallest absolute Gasteiger partial charge is 0.230 e. The minimum Gasteiger partial charge on any atom is -0.507 e. The molecule has 1 fully saturated rings. The van der Waals surface area contributed by atoms with Gasteiger partial charge in [0.1, 0.15) is 11.6 Å². The van der Waals surface area contributed by atoms with Crippen LogP contribution in [-0.2, 0) is 6.54 Å². The van der Waals surface area contributed by atoms with Crippen LogP contribution >= 0.6 is 0 Å². The number of hydrogen-bond donors (Lipinski definition) is 2. The number of nitrogens with two attached hydrogens (primary N) is 1. The molecule has 0 spiro atoms. The minimum atomic E-state index is -0.221. The van der Waals surface area contributed by atoms with E-state index in [-0.39, 0.29) is 17.5 Å². The summed E-state index contributed by atoms with van der Waals surface area (Å²) in [6, 6.07) is 13.5. The maximum absolute atomic E-state index is 13.1. The first kappa shape index (κ1) is 18.1. The van der Waals surface area contributed by atoms with Gasteiger partial charge in [-0.3, -0.25) is 4.90 Å². The van der Waals surface area contributed by atoms with Crippen molar-refractivity contribution in [3.63, 3.8) is 0 Å². The fourth-order valence-electron chi connectivity index (χ4n) is 3.26. The maximum atomic E-state index is 13.1. The number of benzene rings is 2. The second-order valence-corrected chi connectivity index (χ2v) is 6.72. The van der Waals surface area contributed by atoms with Gasteiger partial charge in [-0.1, -0.05) is 24.3 Å². The number of halogens is 1. The van der Waals surface area contributed by atoms with E-state index in [0.717, 1.165) is 38.3 Å². The van der Waals surface area contributed by atoms with Crippen molar-refractivity contribution in [2.45, 2.75) is 6.54 Å². The third-order valence-corrected chi connectivity index (χ3v) is 4.76. The average molecular weight is 380 g/mol. The number of hydrogen-bond acceptors (Lipinski definition) is 7. The summed E-state index contributed by atoms with van der Waals surface area (Å²) in [5, 5.41) is 10.1. The lowest BCUT2D eigenvalue weighted by molar-refractivity contribution is 0.248. The van der Waals surface area contributed by atoms with Crippen LogP contribution in [0.1, 0.15) is 5.56 Å². The Morgan fingerprint density at radius 2 is 1.64 bits per heavy atom.